The Morgan fingerprint density at radius 3 is 2.94 bits per heavy atom. The largest absolute Gasteiger partial charge is 0.468 e. The van der Waals surface area contributed by atoms with Gasteiger partial charge in [0.05, 0.1) is 23.9 Å². The van der Waals surface area contributed by atoms with Crippen molar-refractivity contribution in [3.63, 3.8) is 0 Å². The number of nitrogens with zero attached hydrogens (tertiary/aromatic N) is 2. The van der Waals surface area contributed by atoms with Crippen LogP contribution in [0.2, 0.25) is 0 Å². The van der Waals surface area contributed by atoms with Crippen molar-refractivity contribution in [2.24, 2.45) is 0 Å². The molecule has 0 atom stereocenters. The molecular formula is C12H14N2O2S. The Balaban J connectivity index is 2.30. The predicted molar refractivity (Wildman–Crippen MR) is 68.1 cm³/mol. The molecular weight excluding hydrogens is 236 g/mol. The Morgan fingerprint density at radius 2 is 2.24 bits per heavy atom. The molecule has 0 saturated carbocycles. The van der Waals surface area contributed by atoms with Crippen molar-refractivity contribution < 1.29 is 9.53 Å². The number of imidazole rings is 1. The maximum atomic E-state index is 11.1. The van der Waals surface area contributed by atoms with Crippen LogP contribution in [0.15, 0.2) is 29.4 Å². The third-order valence-electron chi connectivity index (χ3n) is 2.48. The van der Waals surface area contributed by atoms with Crippen molar-refractivity contribution in [1.29, 1.82) is 0 Å². The van der Waals surface area contributed by atoms with Crippen molar-refractivity contribution in [1.82, 2.24) is 9.55 Å². The van der Waals surface area contributed by atoms with Gasteiger partial charge in [0, 0.05) is 6.54 Å². The van der Waals surface area contributed by atoms with Crippen LogP contribution in [-0.4, -0.2) is 28.4 Å². The van der Waals surface area contributed by atoms with Crippen LogP contribution in [0.1, 0.15) is 6.92 Å². The molecule has 1 aromatic carbocycles. The van der Waals surface area contributed by atoms with Gasteiger partial charge < -0.3 is 9.30 Å². The van der Waals surface area contributed by atoms with Crippen LogP contribution in [0.4, 0.5) is 0 Å². The molecule has 0 bridgehead atoms. The quantitative estimate of drug-likeness (QED) is 0.617. The molecule has 0 aliphatic carbocycles. The smallest absolute Gasteiger partial charge is 0.316 e. The van der Waals surface area contributed by atoms with Gasteiger partial charge in [0.2, 0.25) is 0 Å². The van der Waals surface area contributed by atoms with Gasteiger partial charge >= 0.3 is 5.97 Å². The maximum absolute atomic E-state index is 11.1. The minimum atomic E-state index is -0.232. The minimum absolute atomic E-state index is 0.232. The normalized spacial score (nSPS) is 10.7. The number of aryl methyl sites for hydroxylation is 1. The third kappa shape index (κ3) is 2.44. The summed E-state index contributed by atoms with van der Waals surface area (Å²) in [7, 11) is 1.39. The number of esters is 1. The molecule has 0 radical (unpaired) electrons. The van der Waals surface area contributed by atoms with Gasteiger partial charge in [-0.2, -0.15) is 0 Å². The average Bonchev–Trinajstić information content (AvgIpc) is 2.73. The molecule has 4 nitrogen and oxygen atoms in total. The summed E-state index contributed by atoms with van der Waals surface area (Å²) in [6, 6.07) is 7.97. The maximum Gasteiger partial charge on any atom is 0.316 e. The summed E-state index contributed by atoms with van der Waals surface area (Å²) < 4.78 is 6.72. The highest BCUT2D eigenvalue weighted by Gasteiger charge is 2.11. The molecule has 0 N–H and O–H groups in total. The fourth-order valence-corrected chi connectivity index (χ4v) is 2.56. The first-order chi connectivity index (χ1) is 8.26. The van der Waals surface area contributed by atoms with Crippen LogP contribution in [0.25, 0.3) is 11.0 Å². The fourth-order valence-electron chi connectivity index (χ4n) is 1.65. The van der Waals surface area contributed by atoms with E-state index in [9.17, 15) is 4.79 Å². The summed E-state index contributed by atoms with van der Waals surface area (Å²) in [6.45, 7) is 2.90. The van der Waals surface area contributed by atoms with Gasteiger partial charge in [0.1, 0.15) is 0 Å². The summed E-state index contributed by atoms with van der Waals surface area (Å²) in [4.78, 5) is 15.6. The van der Waals surface area contributed by atoms with Gasteiger partial charge in [-0.3, -0.25) is 4.79 Å². The van der Waals surface area contributed by atoms with E-state index in [2.05, 4.69) is 21.2 Å². The highest BCUT2D eigenvalue weighted by atomic mass is 32.2. The molecule has 0 saturated heterocycles. The molecule has 1 aromatic heterocycles. The number of benzene rings is 1. The first kappa shape index (κ1) is 12.0. The standard InChI is InChI=1S/C12H14N2O2S/c1-3-14-10-7-5-4-6-9(10)13-12(14)17-8-11(15)16-2/h4-7H,3,8H2,1-2H3. The van der Waals surface area contributed by atoms with E-state index < -0.39 is 0 Å². The number of carbonyl (C=O) groups is 1. The van der Waals surface area contributed by atoms with Crippen molar-refractivity contribution in [3.05, 3.63) is 24.3 Å². The number of hydrogen-bond donors (Lipinski definition) is 0. The van der Waals surface area contributed by atoms with Crippen LogP contribution in [0, 0.1) is 0 Å². The number of carbonyl (C=O) groups excluding carboxylic acids is 1. The van der Waals surface area contributed by atoms with E-state index in [1.54, 1.807) is 0 Å². The van der Waals surface area contributed by atoms with E-state index in [0.29, 0.717) is 5.75 Å². The number of thioether (sulfide) groups is 1. The first-order valence-corrected chi connectivity index (χ1v) is 6.39. The first-order valence-electron chi connectivity index (χ1n) is 5.41. The molecule has 0 unspecified atom stereocenters. The second kappa shape index (κ2) is 5.23. The molecule has 17 heavy (non-hydrogen) atoms. The van der Waals surface area contributed by atoms with Crippen molar-refractivity contribution in [3.8, 4) is 0 Å². The second-order valence-electron chi connectivity index (χ2n) is 3.49. The summed E-state index contributed by atoms with van der Waals surface area (Å²) in [5, 5.41) is 0.860. The number of para-hydroxylation sites is 2. The van der Waals surface area contributed by atoms with Crippen LogP contribution in [0.5, 0.6) is 0 Å². The number of fused-ring (bicyclic) bond motifs is 1. The molecule has 0 aliphatic heterocycles. The molecule has 2 aromatic rings. The zero-order valence-corrected chi connectivity index (χ0v) is 10.7. The van der Waals surface area contributed by atoms with Gasteiger partial charge in [0.15, 0.2) is 5.16 Å². The van der Waals surface area contributed by atoms with E-state index >= 15 is 0 Å². The van der Waals surface area contributed by atoms with E-state index in [1.165, 1.54) is 18.9 Å². The van der Waals surface area contributed by atoms with Crippen LogP contribution in [0.3, 0.4) is 0 Å². The van der Waals surface area contributed by atoms with Gasteiger partial charge in [-0.05, 0) is 19.1 Å². The fraction of sp³-hybridized carbons (Fsp3) is 0.333. The molecule has 0 spiro atoms. The molecule has 5 heteroatoms. The SMILES string of the molecule is CCn1c(SCC(=O)OC)nc2ccccc21. The topological polar surface area (TPSA) is 44.1 Å². The average molecular weight is 250 g/mol. The zero-order valence-electron chi connectivity index (χ0n) is 9.84. The van der Waals surface area contributed by atoms with Gasteiger partial charge in [0.25, 0.3) is 0 Å². The van der Waals surface area contributed by atoms with E-state index in [-0.39, 0.29) is 5.97 Å². The van der Waals surface area contributed by atoms with Gasteiger partial charge in [-0.25, -0.2) is 4.98 Å². The van der Waals surface area contributed by atoms with Crippen LogP contribution >= 0.6 is 11.8 Å². The Bertz CT molecular complexity index is 536. The number of hydrogen-bond acceptors (Lipinski definition) is 4. The van der Waals surface area contributed by atoms with E-state index in [0.717, 1.165) is 22.7 Å². The monoisotopic (exact) mass is 250 g/mol. The molecule has 90 valence electrons. The number of rotatable bonds is 4. The highest BCUT2D eigenvalue weighted by Crippen LogP contribution is 2.23. The number of ether oxygens (including phenoxy) is 1. The second-order valence-corrected chi connectivity index (χ2v) is 4.43. The Labute approximate surface area is 104 Å². The summed E-state index contributed by atoms with van der Waals surface area (Å²) >= 11 is 1.41. The molecule has 0 fully saturated rings. The highest BCUT2D eigenvalue weighted by molar-refractivity contribution is 7.99. The lowest BCUT2D eigenvalue weighted by atomic mass is 10.3. The van der Waals surface area contributed by atoms with Crippen LogP contribution in [-0.2, 0) is 16.1 Å². The Kier molecular flexibility index (Phi) is 3.68. The predicted octanol–water partition coefficient (Wildman–Crippen LogP) is 2.32. The molecule has 0 amide bonds. The molecule has 1 heterocycles. The van der Waals surface area contributed by atoms with E-state index in [4.69, 9.17) is 0 Å². The van der Waals surface area contributed by atoms with Crippen LogP contribution < -0.4 is 0 Å². The summed E-state index contributed by atoms with van der Waals surface area (Å²) in [6.07, 6.45) is 0. The number of aromatic nitrogens is 2. The van der Waals surface area contributed by atoms with Crippen molar-refractivity contribution >= 4 is 28.8 Å². The van der Waals surface area contributed by atoms with Gasteiger partial charge in [-0.1, -0.05) is 23.9 Å². The van der Waals surface area contributed by atoms with Crippen molar-refractivity contribution in [2.75, 3.05) is 12.9 Å². The van der Waals surface area contributed by atoms with E-state index in [1.807, 2.05) is 24.3 Å². The molecule has 0 aliphatic rings. The van der Waals surface area contributed by atoms with Gasteiger partial charge in [-0.15, -0.1) is 0 Å². The summed E-state index contributed by atoms with van der Waals surface area (Å²) in [5.41, 5.74) is 2.06. The molecule has 2 rings (SSSR count). The third-order valence-corrected chi connectivity index (χ3v) is 3.43. The minimum Gasteiger partial charge on any atom is -0.468 e. The number of methoxy groups -OCH3 is 1. The Morgan fingerprint density at radius 1 is 1.47 bits per heavy atom. The Hall–Kier alpha value is -1.49. The lowest BCUT2D eigenvalue weighted by molar-refractivity contribution is -0.137. The lowest BCUT2D eigenvalue weighted by Gasteiger charge is -2.04. The van der Waals surface area contributed by atoms with Crippen molar-refractivity contribution in [2.45, 2.75) is 18.6 Å². The zero-order chi connectivity index (χ0) is 12.3. The lowest BCUT2D eigenvalue weighted by Crippen LogP contribution is -2.05. The summed E-state index contributed by atoms with van der Waals surface area (Å²) in [5.74, 6) is 0.0597.